The minimum atomic E-state index is 0.440. The Morgan fingerprint density at radius 2 is 2.00 bits per heavy atom. The van der Waals surface area contributed by atoms with E-state index in [0.717, 1.165) is 39.1 Å². The Morgan fingerprint density at radius 3 is 2.71 bits per heavy atom. The highest BCUT2D eigenvalue weighted by molar-refractivity contribution is 4.74. The fourth-order valence-electron chi connectivity index (χ4n) is 2.65. The van der Waals surface area contributed by atoms with Crippen LogP contribution in [0.2, 0.25) is 0 Å². The van der Waals surface area contributed by atoms with Gasteiger partial charge in [-0.2, -0.15) is 0 Å². The van der Waals surface area contributed by atoms with E-state index >= 15 is 0 Å². The van der Waals surface area contributed by atoms with Crippen LogP contribution in [0.5, 0.6) is 0 Å². The van der Waals surface area contributed by atoms with Crippen LogP contribution in [0.4, 0.5) is 0 Å². The second-order valence-corrected chi connectivity index (χ2v) is 5.37. The first-order chi connectivity index (χ1) is 8.34. The standard InChI is InChI=1S/C13H27N3O/c14-12-4-7-16(8-5-12)9-6-15-11-13-3-1-2-10-17-13/h12-13,15H,1-11,14H2. The Kier molecular flexibility index (Phi) is 5.71. The second-order valence-electron chi connectivity index (χ2n) is 5.37. The maximum Gasteiger partial charge on any atom is 0.0699 e. The number of hydrogen-bond donors (Lipinski definition) is 2. The lowest BCUT2D eigenvalue weighted by Gasteiger charge is -2.30. The molecule has 0 radical (unpaired) electrons. The van der Waals surface area contributed by atoms with Crippen molar-refractivity contribution in [2.75, 3.05) is 39.3 Å². The number of hydrogen-bond acceptors (Lipinski definition) is 4. The Bertz CT molecular complexity index is 199. The van der Waals surface area contributed by atoms with Crippen LogP contribution in [0.15, 0.2) is 0 Å². The highest BCUT2D eigenvalue weighted by Gasteiger charge is 2.16. The summed E-state index contributed by atoms with van der Waals surface area (Å²) < 4.78 is 5.69. The van der Waals surface area contributed by atoms with Crippen molar-refractivity contribution in [2.24, 2.45) is 5.73 Å². The van der Waals surface area contributed by atoms with Gasteiger partial charge in [-0.25, -0.2) is 0 Å². The van der Waals surface area contributed by atoms with Crippen LogP contribution < -0.4 is 11.1 Å². The normalized spacial score (nSPS) is 28.4. The number of nitrogens with one attached hydrogen (secondary N) is 1. The maximum atomic E-state index is 5.89. The summed E-state index contributed by atoms with van der Waals surface area (Å²) in [6, 6.07) is 0.440. The van der Waals surface area contributed by atoms with Gasteiger partial charge in [-0.15, -0.1) is 0 Å². The molecule has 0 aromatic rings. The fraction of sp³-hybridized carbons (Fsp3) is 1.00. The summed E-state index contributed by atoms with van der Waals surface area (Å²) in [6.45, 7) is 6.55. The Hall–Kier alpha value is -0.160. The summed E-state index contributed by atoms with van der Waals surface area (Å²) >= 11 is 0. The predicted octanol–water partition coefficient (Wildman–Crippen LogP) is 0.568. The molecule has 2 heterocycles. The molecule has 1 atom stereocenters. The van der Waals surface area contributed by atoms with E-state index in [9.17, 15) is 0 Å². The molecule has 4 heteroatoms. The van der Waals surface area contributed by atoms with Gasteiger partial charge >= 0.3 is 0 Å². The Balaban J connectivity index is 1.48. The van der Waals surface area contributed by atoms with Gasteiger partial charge in [0.2, 0.25) is 0 Å². The molecule has 2 fully saturated rings. The number of rotatable bonds is 5. The number of nitrogens with zero attached hydrogens (tertiary/aromatic N) is 1. The van der Waals surface area contributed by atoms with Crippen molar-refractivity contribution in [3.05, 3.63) is 0 Å². The molecule has 0 aromatic carbocycles. The van der Waals surface area contributed by atoms with Gasteiger partial charge < -0.3 is 20.7 Å². The molecule has 0 aliphatic carbocycles. The zero-order valence-corrected chi connectivity index (χ0v) is 10.9. The van der Waals surface area contributed by atoms with Crippen molar-refractivity contribution in [3.63, 3.8) is 0 Å². The molecule has 4 nitrogen and oxygen atoms in total. The fourth-order valence-corrected chi connectivity index (χ4v) is 2.65. The Morgan fingerprint density at radius 1 is 1.18 bits per heavy atom. The number of nitrogens with two attached hydrogens (primary N) is 1. The van der Waals surface area contributed by atoms with Crippen molar-refractivity contribution < 1.29 is 4.74 Å². The third kappa shape index (κ3) is 4.92. The van der Waals surface area contributed by atoms with Gasteiger partial charge in [0.25, 0.3) is 0 Å². The van der Waals surface area contributed by atoms with Crippen LogP contribution in [0.25, 0.3) is 0 Å². The van der Waals surface area contributed by atoms with Crippen LogP contribution in [0.3, 0.4) is 0 Å². The molecule has 17 heavy (non-hydrogen) atoms. The van der Waals surface area contributed by atoms with Crippen molar-refractivity contribution in [2.45, 2.75) is 44.2 Å². The SMILES string of the molecule is NC1CCN(CCNCC2CCCCO2)CC1. The van der Waals surface area contributed by atoms with E-state index in [4.69, 9.17) is 10.5 Å². The molecule has 2 aliphatic rings. The number of ether oxygens (including phenoxy) is 1. The first kappa shape index (κ1) is 13.3. The Labute approximate surface area is 105 Å². The second kappa shape index (κ2) is 7.31. The highest BCUT2D eigenvalue weighted by Crippen LogP contribution is 2.11. The van der Waals surface area contributed by atoms with E-state index in [0.29, 0.717) is 12.1 Å². The van der Waals surface area contributed by atoms with Crippen LogP contribution in [-0.4, -0.2) is 56.4 Å². The molecule has 2 aliphatic heterocycles. The van der Waals surface area contributed by atoms with Gasteiger partial charge in [-0.3, -0.25) is 0 Å². The quantitative estimate of drug-likeness (QED) is 0.691. The van der Waals surface area contributed by atoms with Crippen LogP contribution in [0, 0.1) is 0 Å². The first-order valence-corrected chi connectivity index (χ1v) is 7.15. The molecule has 0 aromatic heterocycles. The molecule has 0 saturated carbocycles. The summed E-state index contributed by atoms with van der Waals surface area (Å²) in [4.78, 5) is 2.51. The zero-order valence-electron chi connectivity index (χ0n) is 10.9. The van der Waals surface area contributed by atoms with Gasteiger partial charge in [0.1, 0.15) is 0 Å². The van der Waals surface area contributed by atoms with Crippen molar-refractivity contribution in [3.8, 4) is 0 Å². The summed E-state index contributed by atoms with van der Waals surface area (Å²) in [5, 5.41) is 3.52. The third-order valence-electron chi connectivity index (χ3n) is 3.88. The molecule has 3 N–H and O–H groups in total. The van der Waals surface area contributed by atoms with Crippen LogP contribution in [-0.2, 0) is 4.74 Å². The zero-order chi connectivity index (χ0) is 11.9. The van der Waals surface area contributed by atoms with Crippen LogP contribution in [0.1, 0.15) is 32.1 Å². The molecule has 0 amide bonds. The van der Waals surface area contributed by atoms with E-state index in [1.165, 1.54) is 32.4 Å². The van der Waals surface area contributed by atoms with Crippen LogP contribution >= 0.6 is 0 Å². The smallest absolute Gasteiger partial charge is 0.0699 e. The van der Waals surface area contributed by atoms with E-state index in [2.05, 4.69) is 10.2 Å². The lowest BCUT2D eigenvalue weighted by Crippen LogP contribution is -2.43. The van der Waals surface area contributed by atoms with Gasteiger partial charge in [-0.05, 0) is 45.2 Å². The van der Waals surface area contributed by atoms with E-state index in [1.54, 1.807) is 0 Å². The minimum absolute atomic E-state index is 0.440. The van der Waals surface area contributed by atoms with Crippen molar-refractivity contribution >= 4 is 0 Å². The highest BCUT2D eigenvalue weighted by atomic mass is 16.5. The molecule has 2 saturated heterocycles. The van der Waals surface area contributed by atoms with Gasteiger partial charge in [0.15, 0.2) is 0 Å². The van der Waals surface area contributed by atoms with E-state index in [-0.39, 0.29) is 0 Å². The van der Waals surface area contributed by atoms with E-state index < -0.39 is 0 Å². The summed E-state index contributed by atoms with van der Waals surface area (Å²) in [7, 11) is 0. The molecule has 100 valence electrons. The summed E-state index contributed by atoms with van der Waals surface area (Å²) in [6.07, 6.45) is 6.57. The average Bonchev–Trinajstić information content (AvgIpc) is 2.38. The molecule has 0 bridgehead atoms. The molecule has 1 unspecified atom stereocenters. The third-order valence-corrected chi connectivity index (χ3v) is 3.88. The van der Waals surface area contributed by atoms with Crippen molar-refractivity contribution in [1.82, 2.24) is 10.2 Å². The topological polar surface area (TPSA) is 50.5 Å². The predicted molar refractivity (Wildman–Crippen MR) is 70.1 cm³/mol. The molecule has 0 spiro atoms. The molecular formula is C13H27N3O. The lowest BCUT2D eigenvalue weighted by atomic mass is 10.1. The monoisotopic (exact) mass is 241 g/mol. The lowest BCUT2D eigenvalue weighted by molar-refractivity contribution is 0.0167. The first-order valence-electron chi connectivity index (χ1n) is 7.15. The average molecular weight is 241 g/mol. The number of likely N-dealkylation sites (tertiary alicyclic amines) is 1. The van der Waals surface area contributed by atoms with Crippen molar-refractivity contribution in [1.29, 1.82) is 0 Å². The molecular weight excluding hydrogens is 214 g/mol. The maximum absolute atomic E-state index is 5.89. The minimum Gasteiger partial charge on any atom is -0.377 e. The van der Waals surface area contributed by atoms with E-state index in [1.807, 2.05) is 0 Å². The molecule has 2 rings (SSSR count). The summed E-state index contributed by atoms with van der Waals surface area (Å²) in [5.41, 5.74) is 5.89. The van der Waals surface area contributed by atoms with Gasteiger partial charge in [-0.1, -0.05) is 0 Å². The summed E-state index contributed by atoms with van der Waals surface area (Å²) in [5.74, 6) is 0. The largest absolute Gasteiger partial charge is 0.377 e. The van der Waals surface area contributed by atoms with Gasteiger partial charge in [0, 0.05) is 32.3 Å². The number of piperidine rings is 1. The van der Waals surface area contributed by atoms with Gasteiger partial charge in [0.05, 0.1) is 6.10 Å².